The summed E-state index contributed by atoms with van der Waals surface area (Å²) in [5.74, 6) is -0.602. The zero-order chi connectivity index (χ0) is 15.5. The van der Waals surface area contributed by atoms with Gasteiger partial charge < -0.3 is 10.5 Å². The molecule has 0 radical (unpaired) electrons. The summed E-state index contributed by atoms with van der Waals surface area (Å²) in [5, 5.41) is 0. The third-order valence-electron chi connectivity index (χ3n) is 2.80. The van der Waals surface area contributed by atoms with Crippen molar-refractivity contribution in [3.05, 3.63) is 54.1 Å². The van der Waals surface area contributed by atoms with E-state index in [1.807, 2.05) is 0 Å². The first kappa shape index (κ1) is 15.1. The molecule has 0 aromatic heterocycles. The van der Waals surface area contributed by atoms with Crippen molar-refractivity contribution in [3.8, 4) is 0 Å². The number of nitrogen functional groups attached to an aromatic ring is 1. The van der Waals surface area contributed by atoms with Gasteiger partial charge in [-0.3, -0.25) is 0 Å². The Morgan fingerprint density at radius 2 is 1.76 bits per heavy atom. The smallest absolute Gasteiger partial charge is 0.338 e. The van der Waals surface area contributed by atoms with Crippen LogP contribution in [-0.2, 0) is 14.6 Å². The molecule has 2 aromatic rings. The first-order valence-corrected chi connectivity index (χ1v) is 7.81. The Bertz CT molecular complexity index is 754. The molecule has 21 heavy (non-hydrogen) atoms. The quantitative estimate of drug-likeness (QED) is 0.691. The van der Waals surface area contributed by atoms with E-state index in [2.05, 4.69) is 0 Å². The van der Waals surface area contributed by atoms with Gasteiger partial charge in [-0.1, -0.05) is 18.2 Å². The fourth-order valence-electron chi connectivity index (χ4n) is 1.85. The van der Waals surface area contributed by atoms with Crippen LogP contribution in [0.15, 0.2) is 58.3 Å². The molecule has 6 heteroatoms. The van der Waals surface area contributed by atoms with Crippen LogP contribution in [0.3, 0.4) is 0 Å². The number of hydrogen-bond acceptors (Lipinski definition) is 5. The van der Waals surface area contributed by atoms with Gasteiger partial charge in [-0.2, -0.15) is 0 Å². The molecule has 0 aliphatic heterocycles. The van der Waals surface area contributed by atoms with Crippen molar-refractivity contribution in [3.63, 3.8) is 0 Å². The lowest BCUT2D eigenvalue weighted by Crippen LogP contribution is -2.09. The van der Waals surface area contributed by atoms with Gasteiger partial charge in [-0.05, 0) is 37.3 Å². The molecule has 2 N–H and O–H groups in total. The number of hydrogen-bond donors (Lipinski definition) is 1. The number of nitrogens with two attached hydrogens (primary N) is 1. The summed E-state index contributed by atoms with van der Waals surface area (Å²) in [6.45, 7) is 1.88. The van der Waals surface area contributed by atoms with Crippen molar-refractivity contribution >= 4 is 21.5 Å². The highest BCUT2D eigenvalue weighted by Gasteiger charge is 2.20. The van der Waals surface area contributed by atoms with Crippen molar-refractivity contribution in [1.82, 2.24) is 0 Å². The second kappa shape index (κ2) is 5.97. The van der Waals surface area contributed by atoms with E-state index < -0.39 is 15.8 Å². The Balaban J connectivity index is 2.52. The molecule has 0 unspecified atom stereocenters. The number of benzene rings is 2. The van der Waals surface area contributed by atoms with E-state index in [1.54, 1.807) is 25.1 Å². The van der Waals surface area contributed by atoms with E-state index in [4.69, 9.17) is 10.5 Å². The monoisotopic (exact) mass is 305 g/mol. The average molecular weight is 305 g/mol. The van der Waals surface area contributed by atoms with E-state index >= 15 is 0 Å². The summed E-state index contributed by atoms with van der Waals surface area (Å²) in [6.07, 6.45) is 0. The van der Waals surface area contributed by atoms with Gasteiger partial charge in [-0.15, -0.1) is 0 Å². The second-order valence-corrected chi connectivity index (χ2v) is 6.28. The van der Waals surface area contributed by atoms with E-state index in [-0.39, 0.29) is 27.6 Å². The van der Waals surface area contributed by atoms with Gasteiger partial charge in [-0.25, -0.2) is 13.2 Å². The summed E-state index contributed by atoms with van der Waals surface area (Å²) in [5.41, 5.74) is 6.00. The fraction of sp³-hybridized carbons (Fsp3) is 0.133. The Morgan fingerprint density at radius 3 is 2.38 bits per heavy atom. The van der Waals surface area contributed by atoms with Crippen LogP contribution in [0.5, 0.6) is 0 Å². The number of carbonyl (C=O) groups excluding carboxylic acids is 1. The number of esters is 1. The van der Waals surface area contributed by atoms with E-state index in [0.29, 0.717) is 0 Å². The standard InChI is InChI=1S/C15H15NO4S/c1-2-20-15(17)11-8-12(16)10-14(9-11)21(18,19)13-6-4-3-5-7-13/h3-10H,2,16H2,1H3. The van der Waals surface area contributed by atoms with Gasteiger partial charge in [0.05, 0.1) is 22.0 Å². The molecule has 0 bridgehead atoms. The molecule has 110 valence electrons. The molecular weight excluding hydrogens is 290 g/mol. The molecule has 0 aliphatic rings. The van der Waals surface area contributed by atoms with E-state index in [0.717, 1.165) is 0 Å². The van der Waals surface area contributed by atoms with Crippen LogP contribution in [0.25, 0.3) is 0 Å². The first-order chi connectivity index (χ1) is 9.95. The Labute approximate surface area is 123 Å². The zero-order valence-corrected chi connectivity index (χ0v) is 12.3. The molecule has 2 aromatic carbocycles. The summed E-state index contributed by atoms with van der Waals surface area (Å²) in [4.78, 5) is 11.9. The van der Waals surface area contributed by atoms with Crippen LogP contribution in [0, 0.1) is 0 Å². The third-order valence-corrected chi connectivity index (χ3v) is 4.55. The van der Waals surface area contributed by atoms with Crippen LogP contribution in [0.4, 0.5) is 5.69 Å². The minimum Gasteiger partial charge on any atom is -0.462 e. The summed E-state index contributed by atoms with van der Waals surface area (Å²) in [6, 6.07) is 12.0. The van der Waals surface area contributed by atoms with Gasteiger partial charge >= 0.3 is 5.97 Å². The average Bonchev–Trinajstić information content (AvgIpc) is 2.47. The van der Waals surface area contributed by atoms with Crippen LogP contribution >= 0.6 is 0 Å². The Kier molecular flexibility index (Phi) is 4.28. The van der Waals surface area contributed by atoms with Crippen molar-refractivity contribution in [2.45, 2.75) is 16.7 Å². The highest BCUT2D eigenvalue weighted by Crippen LogP contribution is 2.24. The molecule has 0 spiro atoms. The van der Waals surface area contributed by atoms with Gasteiger partial charge in [0, 0.05) is 5.69 Å². The van der Waals surface area contributed by atoms with Crippen molar-refractivity contribution in [1.29, 1.82) is 0 Å². The topological polar surface area (TPSA) is 86.5 Å². The molecule has 0 saturated carbocycles. The largest absolute Gasteiger partial charge is 0.462 e. The molecule has 0 atom stereocenters. The molecule has 0 heterocycles. The molecule has 0 aliphatic carbocycles. The normalized spacial score (nSPS) is 11.1. The number of anilines is 1. The van der Waals surface area contributed by atoms with Crippen molar-refractivity contribution < 1.29 is 17.9 Å². The molecule has 0 amide bonds. The Morgan fingerprint density at radius 1 is 1.10 bits per heavy atom. The number of carbonyl (C=O) groups is 1. The summed E-state index contributed by atoms with van der Waals surface area (Å²) >= 11 is 0. The Hall–Kier alpha value is -2.34. The van der Waals surface area contributed by atoms with Crippen LogP contribution in [0.1, 0.15) is 17.3 Å². The van der Waals surface area contributed by atoms with Crippen LogP contribution in [0.2, 0.25) is 0 Å². The molecule has 0 fully saturated rings. The zero-order valence-electron chi connectivity index (χ0n) is 11.4. The SMILES string of the molecule is CCOC(=O)c1cc(N)cc(S(=O)(=O)c2ccccc2)c1. The second-order valence-electron chi connectivity index (χ2n) is 4.33. The minimum absolute atomic E-state index is 0.0308. The maximum Gasteiger partial charge on any atom is 0.338 e. The predicted octanol–water partition coefficient (Wildman–Crippen LogP) is 2.28. The van der Waals surface area contributed by atoms with Gasteiger partial charge in [0.1, 0.15) is 0 Å². The van der Waals surface area contributed by atoms with Crippen LogP contribution < -0.4 is 5.73 Å². The van der Waals surface area contributed by atoms with Gasteiger partial charge in [0.25, 0.3) is 0 Å². The van der Waals surface area contributed by atoms with Crippen molar-refractivity contribution in [2.75, 3.05) is 12.3 Å². The number of rotatable bonds is 4. The molecule has 5 nitrogen and oxygen atoms in total. The molecular formula is C15H15NO4S. The lowest BCUT2D eigenvalue weighted by atomic mass is 10.2. The highest BCUT2D eigenvalue weighted by molar-refractivity contribution is 7.91. The number of sulfone groups is 1. The minimum atomic E-state index is -3.72. The van der Waals surface area contributed by atoms with E-state index in [9.17, 15) is 13.2 Å². The van der Waals surface area contributed by atoms with Crippen LogP contribution in [-0.4, -0.2) is 21.0 Å². The maximum absolute atomic E-state index is 12.5. The molecule has 2 rings (SSSR count). The van der Waals surface area contributed by atoms with Gasteiger partial charge in [0.15, 0.2) is 0 Å². The predicted molar refractivity (Wildman–Crippen MR) is 78.7 cm³/mol. The van der Waals surface area contributed by atoms with Gasteiger partial charge in [0.2, 0.25) is 9.84 Å². The first-order valence-electron chi connectivity index (χ1n) is 6.33. The number of ether oxygens (including phenoxy) is 1. The van der Waals surface area contributed by atoms with Crippen molar-refractivity contribution in [2.24, 2.45) is 0 Å². The molecule has 0 saturated heterocycles. The van der Waals surface area contributed by atoms with E-state index in [1.165, 1.54) is 30.3 Å². The third kappa shape index (κ3) is 3.22. The fourth-order valence-corrected chi connectivity index (χ4v) is 3.21. The lowest BCUT2D eigenvalue weighted by molar-refractivity contribution is 0.0526. The lowest BCUT2D eigenvalue weighted by Gasteiger charge is -2.08. The summed E-state index contributed by atoms with van der Waals surface area (Å²) < 4.78 is 29.9. The highest BCUT2D eigenvalue weighted by atomic mass is 32.2. The maximum atomic E-state index is 12.5. The summed E-state index contributed by atoms with van der Waals surface area (Å²) in [7, 11) is -3.72.